The largest absolute Gasteiger partial charge is 0.872 e. The van der Waals surface area contributed by atoms with Crippen LogP contribution in [-0.4, -0.2) is 57.1 Å². The van der Waals surface area contributed by atoms with E-state index in [2.05, 4.69) is 0 Å². The minimum absolute atomic E-state index is 0.0110. The van der Waals surface area contributed by atoms with E-state index in [1.54, 1.807) is 31.4 Å². The van der Waals surface area contributed by atoms with E-state index < -0.39 is 23.5 Å². The van der Waals surface area contributed by atoms with E-state index in [4.69, 9.17) is 9.47 Å². The molecular formula is C25H28N2O5. The maximum Gasteiger partial charge on any atom is 0.295 e. The Balaban J connectivity index is 1.79. The van der Waals surface area contributed by atoms with Gasteiger partial charge in [-0.2, -0.15) is 0 Å². The zero-order valence-electron chi connectivity index (χ0n) is 18.6. The number of likely N-dealkylation sites (tertiary alicyclic amines) is 1. The number of nitrogens with zero attached hydrogens (tertiary/aromatic N) is 1. The van der Waals surface area contributed by atoms with Gasteiger partial charge in [-0.05, 0) is 48.2 Å². The molecule has 1 amide bonds. The van der Waals surface area contributed by atoms with Crippen molar-refractivity contribution in [3.63, 3.8) is 0 Å². The third-order valence-corrected chi connectivity index (χ3v) is 6.11. The van der Waals surface area contributed by atoms with Gasteiger partial charge in [-0.15, -0.1) is 0 Å². The average Bonchev–Trinajstić information content (AvgIpc) is 3.41. The number of carbonyl (C=O) groups is 2. The fraction of sp³-hybridized carbons (Fsp3) is 0.360. The number of methoxy groups -OCH3 is 1. The maximum atomic E-state index is 13.4. The summed E-state index contributed by atoms with van der Waals surface area (Å²) in [7, 11) is 5.58. The number of carbonyl (C=O) groups excluding carboxylic acids is 2. The number of nitrogens with one attached hydrogen (secondary N) is 1. The van der Waals surface area contributed by atoms with E-state index in [1.807, 2.05) is 38.4 Å². The van der Waals surface area contributed by atoms with E-state index in [-0.39, 0.29) is 18.2 Å². The van der Waals surface area contributed by atoms with Crippen LogP contribution in [0.4, 0.5) is 5.69 Å². The first-order chi connectivity index (χ1) is 15.4. The average molecular weight is 437 g/mol. The predicted molar refractivity (Wildman–Crippen MR) is 117 cm³/mol. The lowest BCUT2D eigenvalue weighted by atomic mass is 9.95. The number of benzene rings is 2. The second kappa shape index (κ2) is 9.14. The highest BCUT2D eigenvalue weighted by Gasteiger charge is 2.45. The summed E-state index contributed by atoms with van der Waals surface area (Å²) >= 11 is 0. The second-order valence-corrected chi connectivity index (χ2v) is 8.42. The zero-order valence-corrected chi connectivity index (χ0v) is 18.6. The van der Waals surface area contributed by atoms with Crippen LogP contribution in [0.25, 0.3) is 5.76 Å². The van der Waals surface area contributed by atoms with E-state index in [0.717, 1.165) is 29.0 Å². The van der Waals surface area contributed by atoms with Gasteiger partial charge < -0.3 is 24.4 Å². The number of ether oxygens (including phenoxy) is 2. The van der Waals surface area contributed by atoms with E-state index in [1.165, 1.54) is 4.90 Å². The molecule has 1 N–H and O–H groups in total. The van der Waals surface area contributed by atoms with Crippen molar-refractivity contribution in [1.29, 1.82) is 0 Å². The number of quaternary nitrogens is 1. The molecule has 32 heavy (non-hydrogen) atoms. The van der Waals surface area contributed by atoms with Gasteiger partial charge >= 0.3 is 0 Å². The normalized spacial score (nSPS) is 22.7. The summed E-state index contributed by atoms with van der Waals surface area (Å²) in [4.78, 5) is 28.8. The minimum Gasteiger partial charge on any atom is -0.872 e. The van der Waals surface area contributed by atoms with Gasteiger partial charge in [0.25, 0.3) is 5.91 Å². The van der Waals surface area contributed by atoms with Gasteiger partial charge in [0.2, 0.25) is 5.78 Å². The Morgan fingerprint density at radius 3 is 2.38 bits per heavy atom. The minimum atomic E-state index is -0.740. The molecule has 0 aliphatic carbocycles. The summed E-state index contributed by atoms with van der Waals surface area (Å²) in [6, 6.07) is 13.5. The molecule has 0 radical (unpaired) electrons. The number of ketones is 1. The van der Waals surface area contributed by atoms with Gasteiger partial charge in [0.05, 0.1) is 33.4 Å². The number of hydrogen-bond donors (Lipinski definition) is 1. The van der Waals surface area contributed by atoms with Gasteiger partial charge in [0.1, 0.15) is 11.4 Å². The van der Waals surface area contributed by atoms with Crippen LogP contribution in [0.2, 0.25) is 0 Å². The van der Waals surface area contributed by atoms with Gasteiger partial charge in [0.15, 0.2) is 0 Å². The van der Waals surface area contributed by atoms with Crippen molar-refractivity contribution in [2.24, 2.45) is 0 Å². The van der Waals surface area contributed by atoms with E-state index >= 15 is 0 Å². The van der Waals surface area contributed by atoms with Crippen molar-refractivity contribution in [2.75, 3.05) is 34.4 Å². The molecule has 2 fully saturated rings. The van der Waals surface area contributed by atoms with Crippen molar-refractivity contribution in [2.45, 2.75) is 25.0 Å². The summed E-state index contributed by atoms with van der Waals surface area (Å²) in [6.07, 6.45) is 1.62. The molecule has 2 aromatic rings. The molecule has 0 saturated carbocycles. The smallest absolute Gasteiger partial charge is 0.295 e. The highest BCUT2D eigenvalue weighted by molar-refractivity contribution is 6.46. The molecule has 7 heteroatoms. The Morgan fingerprint density at radius 2 is 1.81 bits per heavy atom. The molecule has 2 unspecified atom stereocenters. The van der Waals surface area contributed by atoms with Crippen molar-refractivity contribution in [3.8, 4) is 5.75 Å². The molecule has 2 atom stereocenters. The number of Topliss-reactive ketones (excluding diaryl/α,β-unsaturated/α-hetero) is 1. The zero-order chi connectivity index (χ0) is 22.8. The molecule has 2 aromatic carbocycles. The standard InChI is InChI=1S/C25H28N2O5/c1-26(2)18-10-6-16(7-11-18)22-21(23(28)17-8-12-19(31-3)13-9-17)24(29)25(30)27(22)15-20-5-4-14-32-20/h6-13,20,22,28H,4-5,14-15H2,1-3H3. The van der Waals surface area contributed by atoms with Crippen LogP contribution in [0.3, 0.4) is 0 Å². The van der Waals surface area contributed by atoms with Gasteiger partial charge in [0, 0.05) is 18.7 Å². The summed E-state index contributed by atoms with van der Waals surface area (Å²) in [5.74, 6) is -1.22. The van der Waals surface area contributed by atoms with Crippen molar-refractivity contribution >= 4 is 23.1 Å². The maximum absolute atomic E-state index is 13.4. The number of amides is 1. The lowest BCUT2D eigenvalue weighted by Gasteiger charge is -2.29. The quantitative estimate of drug-likeness (QED) is 0.413. The molecule has 0 spiro atoms. The van der Waals surface area contributed by atoms with Crippen LogP contribution in [0.15, 0.2) is 54.1 Å². The van der Waals surface area contributed by atoms with Gasteiger partial charge in [-0.1, -0.05) is 30.0 Å². The molecule has 2 aliphatic rings. The third kappa shape index (κ3) is 4.13. The lowest BCUT2D eigenvalue weighted by Crippen LogP contribution is -3.00. The highest BCUT2D eigenvalue weighted by atomic mass is 16.5. The highest BCUT2D eigenvalue weighted by Crippen LogP contribution is 2.39. The van der Waals surface area contributed by atoms with Crippen molar-refractivity contribution in [3.05, 3.63) is 65.2 Å². The molecule has 0 aromatic heterocycles. The summed E-state index contributed by atoms with van der Waals surface area (Å²) in [6.45, 7) is 0.933. The van der Waals surface area contributed by atoms with Gasteiger partial charge in [-0.3, -0.25) is 9.59 Å². The van der Waals surface area contributed by atoms with Gasteiger partial charge in [-0.25, -0.2) is 0 Å². The fourth-order valence-corrected chi connectivity index (χ4v) is 4.31. The van der Waals surface area contributed by atoms with Crippen LogP contribution in [0.1, 0.15) is 30.0 Å². The number of hydrogen-bond acceptors (Lipinski definition) is 5. The lowest BCUT2D eigenvalue weighted by molar-refractivity contribution is -0.786. The molecular weight excluding hydrogens is 408 g/mol. The molecule has 4 rings (SSSR count). The van der Waals surface area contributed by atoms with Crippen molar-refractivity contribution in [1.82, 2.24) is 4.90 Å². The Morgan fingerprint density at radius 1 is 1.12 bits per heavy atom. The molecule has 168 valence electrons. The monoisotopic (exact) mass is 436 g/mol. The third-order valence-electron chi connectivity index (χ3n) is 6.11. The number of rotatable bonds is 6. The Hall–Kier alpha value is -3.16. The molecule has 2 saturated heterocycles. The molecule has 2 aliphatic heterocycles. The van der Waals surface area contributed by atoms with Crippen molar-refractivity contribution < 1.29 is 29.1 Å². The summed E-state index contributed by atoms with van der Waals surface area (Å²) < 4.78 is 10.9. The van der Waals surface area contributed by atoms with E-state index in [9.17, 15) is 14.7 Å². The Kier molecular flexibility index (Phi) is 6.30. The SMILES string of the molecule is COc1ccc(C([O-])=C2C(=O)C(=O)N(CC3CCCO3)C2c2ccc([NH+](C)C)cc2)cc1. The first-order valence-electron chi connectivity index (χ1n) is 10.8. The van der Waals surface area contributed by atoms with Crippen LogP contribution in [0, 0.1) is 0 Å². The molecule has 2 heterocycles. The molecule has 0 bridgehead atoms. The Bertz CT molecular complexity index is 1020. The van der Waals surface area contributed by atoms with Crippen LogP contribution >= 0.6 is 0 Å². The summed E-state index contributed by atoms with van der Waals surface area (Å²) in [5.41, 5.74) is 2.14. The topological polar surface area (TPSA) is 83.3 Å². The fourth-order valence-electron chi connectivity index (χ4n) is 4.31. The summed E-state index contributed by atoms with van der Waals surface area (Å²) in [5, 5.41) is 13.4. The first kappa shape index (κ1) is 22.0. The Labute approximate surface area is 187 Å². The van der Waals surface area contributed by atoms with Crippen LogP contribution in [-0.2, 0) is 14.3 Å². The second-order valence-electron chi connectivity index (χ2n) is 8.42. The van der Waals surface area contributed by atoms with E-state index in [0.29, 0.717) is 17.9 Å². The molecule has 7 nitrogen and oxygen atoms in total. The first-order valence-corrected chi connectivity index (χ1v) is 10.8. The van der Waals surface area contributed by atoms with Crippen LogP contribution in [0.5, 0.6) is 5.75 Å². The predicted octanol–water partition coefficient (Wildman–Crippen LogP) is 0.874. The van der Waals surface area contributed by atoms with Crippen LogP contribution < -0.4 is 14.7 Å².